The number of amides is 1. The van der Waals surface area contributed by atoms with Crippen LogP contribution in [0.1, 0.15) is 56.4 Å². The number of benzene rings is 1. The van der Waals surface area contributed by atoms with Gasteiger partial charge in [-0.05, 0) is 63.3 Å². The predicted octanol–water partition coefficient (Wildman–Crippen LogP) is 3.39. The molecule has 3 rings (SSSR count). The summed E-state index contributed by atoms with van der Waals surface area (Å²) in [4.78, 5) is 11.9. The van der Waals surface area contributed by atoms with E-state index >= 15 is 0 Å². The molecule has 1 aromatic rings. The molecule has 0 unspecified atom stereocenters. The van der Waals surface area contributed by atoms with Crippen LogP contribution < -0.4 is 11.1 Å². The summed E-state index contributed by atoms with van der Waals surface area (Å²) in [7, 11) is 0. The van der Waals surface area contributed by atoms with Crippen LogP contribution in [0.25, 0.3) is 0 Å². The van der Waals surface area contributed by atoms with E-state index in [1.54, 1.807) is 0 Å². The van der Waals surface area contributed by atoms with Gasteiger partial charge < -0.3 is 15.8 Å². The number of nitrogens with two attached hydrogens (primary N) is 1. The summed E-state index contributed by atoms with van der Waals surface area (Å²) < 4.78 is 46.4. The Kier molecular flexibility index (Phi) is 6.42. The maximum Gasteiger partial charge on any atom is 0.237 e. The van der Waals surface area contributed by atoms with Crippen molar-refractivity contribution in [2.45, 2.75) is 56.4 Å². The van der Waals surface area contributed by atoms with E-state index in [0.29, 0.717) is 51.4 Å². The van der Waals surface area contributed by atoms with E-state index in [1.165, 1.54) is 0 Å². The average molecular weight is 384 g/mol. The van der Waals surface area contributed by atoms with E-state index in [2.05, 4.69) is 5.32 Å². The number of carbonyl (C=O) groups excluding carboxylic acids is 1. The van der Waals surface area contributed by atoms with E-state index in [4.69, 9.17) is 10.5 Å². The normalized spacial score (nSPS) is 25.3. The van der Waals surface area contributed by atoms with Crippen LogP contribution in [0.5, 0.6) is 0 Å². The Morgan fingerprint density at radius 3 is 2.26 bits per heavy atom. The fourth-order valence-electron chi connectivity index (χ4n) is 4.43. The van der Waals surface area contributed by atoms with E-state index in [1.807, 2.05) is 0 Å². The Balaban J connectivity index is 1.49. The lowest BCUT2D eigenvalue weighted by atomic mass is 9.77. The molecule has 4 nitrogen and oxygen atoms in total. The molecular formula is C20H27F3N2O2. The molecule has 0 radical (unpaired) electrons. The van der Waals surface area contributed by atoms with Gasteiger partial charge >= 0.3 is 0 Å². The quantitative estimate of drug-likeness (QED) is 0.790. The standard InChI is InChI=1S/C20H27F3N2O2/c21-15-11-16(22)18(17(23)12-15)14-3-1-13(2-4-14)5-8-25-20(19(24)26)6-9-27-10-7-20/h11-14,25H,1-10H2,(H2,24,26)/t13-,14-. The number of hydrogen-bond acceptors (Lipinski definition) is 3. The molecule has 27 heavy (non-hydrogen) atoms. The second-order valence-electron chi connectivity index (χ2n) is 7.77. The second kappa shape index (κ2) is 8.61. The number of halogens is 3. The monoisotopic (exact) mass is 384 g/mol. The highest BCUT2D eigenvalue weighted by molar-refractivity contribution is 5.84. The molecule has 150 valence electrons. The second-order valence-corrected chi connectivity index (χ2v) is 7.77. The van der Waals surface area contributed by atoms with E-state index < -0.39 is 23.0 Å². The third kappa shape index (κ3) is 4.63. The summed E-state index contributed by atoms with van der Waals surface area (Å²) in [6, 6.07) is 1.51. The van der Waals surface area contributed by atoms with Crippen LogP contribution in [-0.4, -0.2) is 31.2 Å². The molecule has 7 heteroatoms. The van der Waals surface area contributed by atoms with Gasteiger partial charge in [0.1, 0.15) is 23.0 Å². The molecule has 1 aliphatic carbocycles. The van der Waals surface area contributed by atoms with Gasteiger partial charge in [-0.15, -0.1) is 0 Å². The maximum absolute atomic E-state index is 14.0. The Morgan fingerprint density at radius 2 is 1.70 bits per heavy atom. The first-order chi connectivity index (χ1) is 12.9. The fourth-order valence-corrected chi connectivity index (χ4v) is 4.43. The average Bonchev–Trinajstić information content (AvgIpc) is 2.63. The number of rotatable bonds is 6. The third-order valence-corrected chi connectivity index (χ3v) is 6.13. The third-order valence-electron chi connectivity index (χ3n) is 6.13. The van der Waals surface area contributed by atoms with E-state index in [9.17, 15) is 18.0 Å². The predicted molar refractivity (Wildman–Crippen MR) is 95.6 cm³/mol. The maximum atomic E-state index is 14.0. The van der Waals surface area contributed by atoms with Crippen LogP contribution in [-0.2, 0) is 9.53 Å². The molecule has 1 saturated carbocycles. The van der Waals surface area contributed by atoms with Crippen LogP contribution in [0, 0.1) is 23.4 Å². The minimum atomic E-state index is -0.884. The molecule has 2 aliphatic rings. The molecule has 1 aliphatic heterocycles. The Hall–Kier alpha value is -1.60. The van der Waals surface area contributed by atoms with Crippen LogP contribution in [0.2, 0.25) is 0 Å². The number of carbonyl (C=O) groups is 1. The molecule has 1 amide bonds. The molecular weight excluding hydrogens is 357 g/mol. The van der Waals surface area contributed by atoms with Gasteiger partial charge in [-0.3, -0.25) is 4.79 Å². The SMILES string of the molecule is NC(=O)C1(NCC[C@H]2CC[C@H](c3c(F)cc(F)cc3F)CC2)CCOCC1. The smallest absolute Gasteiger partial charge is 0.237 e. The summed E-state index contributed by atoms with van der Waals surface area (Å²) in [6.45, 7) is 1.73. The van der Waals surface area contributed by atoms with Crippen molar-refractivity contribution in [3.8, 4) is 0 Å². The Morgan fingerprint density at radius 1 is 1.11 bits per heavy atom. The van der Waals surface area contributed by atoms with Crippen molar-refractivity contribution in [1.82, 2.24) is 5.32 Å². The Labute approximate surface area is 157 Å². The van der Waals surface area contributed by atoms with Gasteiger partial charge in [0.2, 0.25) is 5.91 Å². The van der Waals surface area contributed by atoms with Crippen molar-refractivity contribution in [3.63, 3.8) is 0 Å². The van der Waals surface area contributed by atoms with Gasteiger partial charge in [0.15, 0.2) is 0 Å². The van der Waals surface area contributed by atoms with Crippen LogP contribution in [0.3, 0.4) is 0 Å². The molecule has 2 fully saturated rings. The highest BCUT2D eigenvalue weighted by Gasteiger charge is 2.38. The summed E-state index contributed by atoms with van der Waals surface area (Å²) in [5, 5.41) is 3.33. The van der Waals surface area contributed by atoms with Gasteiger partial charge in [-0.1, -0.05) is 0 Å². The summed E-state index contributed by atoms with van der Waals surface area (Å²) in [5.74, 6) is -2.57. The van der Waals surface area contributed by atoms with E-state index in [0.717, 1.165) is 31.4 Å². The molecule has 1 heterocycles. The van der Waals surface area contributed by atoms with Crippen molar-refractivity contribution >= 4 is 5.91 Å². The van der Waals surface area contributed by atoms with E-state index in [-0.39, 0.29) is 17.4 Å². The summed E-state index contributed by atoms with van der Waals surface area (Å²) >= 11 is 0. The van der Waals surface area contributed by atoms with Crippen LogP contribution in [0.15, 0.2) is 12.1 Å². The van der Waals surface area contributed by atoms with Gasteiger partial charge in [0.25, 0.3) is 0 Å². The number of ether oxygens (including phenoxy) is 1. The first-order valence-corrected chi connectivity index (χ1v) is 9.68. The minimum absolute atomic E-state index is 0.0165. The van der Waals surface area contributed by atoms with Crippen molar-refractivity contribution in [3.05, 3.63) is 35.1 Å². The lowest BCUT2D eigenvalue weighted by molar-refractivity contribution is -0.128. The number of nitrogens with one attached hydrogen (secondary N) is 1. The highest BCUT2D eigenvalue weighted by Crippen LogP contribution is 2.39. The van der Waals surface area contributed by atoms with Crippen LogP contribution >= 0.6 is 0 Å². The van der Waals surface area contributed by atoms with Crippen molar-refractivity contribution in [2.75, 3.05) is 19.8 Å². The van der Waals surface area contributed by atoms with Crippen LogP contribution in [0.4, 0.5) is 13.2 Å². The molecule has 0 aromatic heterocycles. The topological polar surface area (TPSA) is 64.4 Å². The Bertz CT molecular complexity index is 646. The molecule has 1 saturated heterocycles. The van der Waals surface area contributed by atoms with Gasteiger partial charge in [-0.25, -0.2) is 13.2 Å². The largest absolute Gasteiger partial charge is 0.381 e. The minimum Gasteiger partial charge on any atom is -0.381 e. The zero-order valence-corrected chi connectivity index (χ0v) is 15.4. The van der Waals surface area contributed by atoms with Gasteiger partial charge in [0, 0.05) is 30.9 Å². The molecule has 1 aromatic carbocycles. The first kappa shape index (κ1) is 20.1. The zero-order valence-electron chi connectivity index (χ0n) is 15.4. The first-order valence-electron chi connectivity index (χ1n) is 9.68. The number of hydrogen-bond donors (Lipinski definition) is 2. The molecule has 0 atom stereocenters. The zero-order chi connectivity index (χ0) is 19.4. The molecule has 3 N–H and O–H groups in total. The highest BCUT2D eigenvalue weighted by atomic mass is 19.1. The number of primary amides is 1. The molecule has 0 bridgehead atoms. The summed E-state index contributed by atoms with van der Waals surface area (Å²) in [6.07, 6.45) is 5.12. The van der Waals surface area contributed by atoms with Gasteiger partial charge in [-0.2, -0.15) is 0 Å². The van der Waals surface area contributed by atoms with Gasteiger partial charge in [0.05, 0.1) is 0 Å². The lowest BCUT2D eigenvalue weighted by Gasteiger charge is -2.36. The van der Waals surface area contributed by atoms with Crippen molar-refractivity contribution < 1.29 is 22.7 Å². The van der Waals surface area contributed by atoms with Crippen molar-refractivity contribution in [2.24, 2.45) is 11.7 Å². The summed E-state index contributed by atoms with van der Waals surface area (Å²) in [5.41, 5.74) is 4.92. The lowest BCUT2D eigenvalue weighted by Crippen LogP contribution is -2.58. The van der Waals surface area contributed by atoms with Crippen molar-refractivity contribution in [1.29, 1.82) is 0 Å². The molecule has 0 spiro atoms. The fraction of sp³-hybridized carbons (Fsp3) is 0.650.